The van der Waals surface area contributed by atoms with Gasteiger partial charge in [-0.1, -0.05) is 0 Å². The average Bonchev–Trinajstić information content (AvgIpc) is 0.800. The van der Waals surface area contributed by atoms with Crippen LogP contribution in [0.15, 0.2) is 0 Å². The monoisotopic (exact) mass is 1320 g/mol. The number of hydrogen-bond donors (Lipinski definition) is 23. The molecule has 7 heterocycles. The minimum atomic E-state index is -2.42. The number of carbonyl (C=O) groups is 4. The Morgan fingerprint density at radius 1 is 0.289 bits per heavy atom. The van der Waals surface area contributed by atoms with Crippen LogP contribution < -0.4 is 21.3 Å². The van der Waals surface area contributed by atoms with E-state index in [9.17, 15) is 116 Å². The van der Waals surface area contributed by atoms with Crippen LogP contribution >= 0.6 is 0 Å². The Balaban J connectivity index is 1.25. The minimum absolute atomic E-state index is 0.775. The van der Waals surface area contributed by atoms with Crippen LogP contribution in [0.5, 0.6) is 0 Å². The molecule has 0 aromatic heterocycles. The topological polar surface area (TPSA) is 621 Å². The molecular formula is C50H84N4O36. The van der Waals surface area contributed by atoms with Crippen molar-refractivity contribution in [3.63, 3.8) is 0 Å². The third-order valence-electron chi connectivity index (χ3n) is 16.1. The Kier molecular flexibility index (Phi) is 26.6. The second-order valence-electron chi connectivity index (χ2n) is 22.5. The zero-order valence-corrected chi connectivity index (χ0v) is 48.6. The first-order chi connectivity index (χ1) is 42.5. The van der Waals surface area contributed by atoms with Crippen molar-refractivity contribution in [3.05, 3.63) is 0 Å². The lowest BCUT2D eigenvalue weighted by Crippen LogP contribution is -2.71. The molecule has 35 atom stereocenters. The second-order valence-corrected chi connectivity index (χ2v) is 22.5. The van der Waals surface area contributed by atoms with Gasteiger partial charge in [0.1, 0.15) is 171 Å². The van der Waals surface area contributed by atoms with E-state index in [4.69, 9.17) is 61.6 Å². The molecule has 40 nitrogen and oxygen atoms in total. The Hall–Kier alpha value is -3.40. The van der Waals surface area contributed by atoms with E-state index >= 15 is 0 Å². The van der Waals surface area contributed by atoms with Gasteiger partial charge < -0.3 is 180 Å². The van der Waals surface area contributed by atoms with Crippen LogP contribution in [-0.4, -0.2) is 382 Å². The van der Waals surface area contributed by atoms with Gasteiger partial charge in [-0.25, -0.2) is 0 Å². The molecule has 0 bridgehead atoms. The van der Waals surface area contributed by atoms with Crippen LogP contribution in [0, 0.1) is 0 Å². The lowest BCUT2D eigenvalue weighted by molar-refractivity contribution is -0.383. The van der Waals surface area contributed by atoms with Gasteiger partial charge in [0, 0.05) is 27.7 Å². The number of amides is 4. The zero-order chi connectivity index (χ0) is 66.5. The highest BCUT2D eigenvalue weighted by Gasteiger charge is 2.59. The fourth-order valence-electron chi connectivity index (χ4n) is 11.5. The van der Waals surface area contributed by atoms with Crippen LogP contribution in [0.3, 0.4) is 0 Å². The highest BCUT2D eigenvalue weighted by molar-refractivity contribution is 5.74. The molecule has 4 amide bonds. The van der Waals surface area contributed by atoms with Gasteiger partial charge in [-0.2, -0.15) is 0 Å². The molecule has 90 heavy (non-hydrogen) atoms. The first-order valence-corrected chi connectivity index (χ1v) is 28.6. The van der Waals surface area contributed by atoms with Crippen LogP contribution in [0.1, 0.15) is 27.7 Å². The molecule has 0 unspecified atom stereocenters. The molecule has 7 saturated heterocycles. The molecule has 0 aliphatic carbocycles. The van der Waals surface area contributed by atoms with Gasteiger partial charge in [0.2, 0.25) is 23.6 Å². The van der Waals surface area contributed by atoms with Crippen molar-refractivity contribution in [3.8, 4) is 0 Å². The molecular weight excluding hydrogens is 1230 g/mol. The zero-order valence-electron chi connectivity index (χ0n) is 48.6. The molecule has 0 saturated carbocycles. The van der Waals surface area contributed by atoms with Gasteiger partial charge in [0.05, 0.1) is 46.2 Å². The SMILES string of the molecule is CC(=O)N[C@@H]1[C@@H](O[C@@H]2O[C@H](CO)[C@@H](O[C@@H]3O[C@H](CO[C@@H]4O[C@H](CO)[C@@H](O)[C@H](O[C@@H]5O[C@H](CO)[C@H](O)[C@H](O)[C@H]5O)[C@H]4NC(C)=O)[C@H](O)[C@H](O[C@@H]4O[C@H](CO)[C@@H](O)[C@H](O[C@@H]5O[C@H](CO)[C@H](O)[C@H](O)[C@H]5O)[C@H]4NC(C)=O)[C@H]3O)[C@H](O)[C@H]2NC(C)=O)[C@@H](O)[C@@H](CO)O[C@@H]1O. The molecule has 0 spiro atoms. The van der Waals surface area contributed by atoms with E-state index in [-0.39, 0.29) is 0 Å². The summed E-state index contributed by atoms with van der Waals surface area (Å²) in [6, 6.07) is -7.09. The summed E-state index contributed by atoms with van der Waals surface area (Å²) in [6.07, 6.45) is -61.0. The molecule has 0 aromatic rings. The van der Waals surface area contributed by atoms with Gasteiger partial charge in [0.15, 0.2) is 44.0 Å². The summed E-state index contributed by atoms with van der Waals surface area (Å²) < 4.78 is 76.3. The third-order valence-corrected chi connectivity index (χ3v) is 16.1. The fourth-order valence-corrected chi connectivity index (χ4v) is 11.5. The lowest BCUT2D eigenvalue weighted by Gasteiger charge is -2.51. The van der Waals surface area contributed by atoms with Gasteiger partial charge >= 0.3 is 0 Å². The number of hydrogen-bond acceptors (Lipinski definition) is 36. The number of aliphatic hydroxyl groups is 19. The van der Waals surface area contributed by atoms with Crippen molar-refractivity contribution in [2.75, 3.05) is 46.2 Å². The average molecular weight is 1320 g/mol. The third kappa shape index (κ3) is 16.4. The standard InChI is InChI=1S/C50H84N4O36/c1-12(61)51-23-33(71)39(21(10-60)84-46(23)87-40-24(52-13(2)62)44(77)79-18(7-57)29(40)67)86-50-38(76)43(90-47-26(54-15(4)64)42(31(69)20(9-59)81-47)89-49-37(75)35(73)28(66)17(6-56)83-49)32(70)22(85-50)11-78-45-25(53-14(3)63)41(30(68)19(8-58)80-45)88-48-36(74)34(72)27(65)16(5-55)82-48/h16-50,55-60,65-77H,5-11H2,1-4H3,(H,51,61)(H,52,62)(H,53,63)(H,54,64)/t16-,17-,18-,19-,20-,21-,22-,23-,24-,25-,26-,27+,28+,29+,30-,31-,32+,33-,34+,35+,36-,37-,38-,39-,40-,41-,42-,43+,44+,45-,46+,47+,48+,49+,50+/m1/s1. The molecule has 520 valence electrons. The molecule has 7 aliphatic rings. The highest BCUT2D eigenvalue weighted by Crippen LogP contribution is 2.38. The maximum atomic E-state index is 13.0. The number of carbonyl (C=O) groups excluding carboxylic acids is 4. The quantitative estimate of drug-likeness (QED) is 0.0452. The van der Waals surface area contributed by atoms with Crippen LogP contribution in [-0.2, 0) is 80.8 Å². The van der Waals surface area contributed by atoms with E-state index in [1.54, 1.807) is 0 Å². The highest BCUT2D eigenvalue weighted by atomic mass is 16.8. The Morgan fingerprint density at radius 2 is 0.589 bits per heavy atom. The van der Waals surface area contributed by atoms with E-state index in [2.05, 4.69) is 21.3 Å². The lowest BCUT2D eigenvalue weighted by atomic mass is 9.93. The van der Waals surface area contributed by atoms with Crippen molar-refractivity contribution in [1.82, 2.24) is 21.3 Å². The van der Waals surface area contributed by atoms with Gasteiger partial charge in [0.25, 0.3) is 0 Å². The molecule has 7 fully saturated rings. The molecule has 0 aromatic carbocycles. The normalized spacial score (nSPS) is 47.6. The first kappa shape index (κ1) is 74.0. The molecule has 40 heteroatoms. The van der Waals surface area contributed by atoms with Crippen molar-refractivity contribution in [2.45, 2.75) is 242 Å². The summed E-state index contributed by atoms with van der Waals surface area (Å²) in [5.41, 5.74) is 0. The van der Waals surface area contributed by atoms with Crippen molar-refractivity contribution in [2.24, 2.45) is 0 Å². The van der Waals surface area contributed by atoms with Crippen LogP contribution in [0.2, 0.25) is 0 Å². The van der Waals surface area contributed by atoms with Gasteiger partial charge in [-0.15, -0.1) is 0 Å². The smallest absolute Gasteiger partial charge is 0.217 e. The summed E-state index contributed by atoms with van der Waals surface area (Å²) in [5, 5.41) is 217. The predicted molar refractivity (Wildman–Crippen MR) is 278 cm³/mol. The van der Waals surface area contributed by atoms with Crippen LogP contribution in [0.4, 0.5) is 0 Å². The summed E-state index contributed by atoms with van der Waals surface area (Å²) in [7, 11) is 0. The van der Waals surface area contributed by atoms with E-state index < -0.39 is 285 Å². The minimum Gasteiger partial charge on any atom is -0.394 e. The maximum absolute atomic E-state index is 13.0. The fraction of sp³-hybridized carbons (Fsp3) is 0.920. The van der Waals surface area contributed by atoms with Crippen molar-refractivity contribution in [1.29, 1.82) is 0 Å². The van der Waals surface area contributed by atoms with Crippen molar-refractivity contribution < 1.29 is 178 Å². The van der Waals surface area contributed by atoms with E-state index in [0.717, 1.165) is 27.7 Å². The summed E-state index contributed by atoms with van der Waals surface area (Å²) in [5.74, 6) is -3.45. The summed E-state index contributed by atoms with van der Waals surface area (Å²) in [4.78, 5) is 50.9. The first-order valence-electron chi connectivity index (χ1n) is 28.6. The Labute approximate surface area is 510 Å². The van der Waals surface area contributed by atoms with E-state index in [1.807, 2.05) is 0 Å². The summed E-state index contributed by atoms with van der Waals surface area (Å²) >= 11 is 0. The summed E-state index contributed by atoms with van der Waals surface area (Å²) in [6.45, 7) is -3.08. The maximum Gasteiger partial charge on any atom is 0.217 e. The van der Waals surface area contributed by atoms with Gasteiger partial charge in [-0.05, 0) is 0 Å². The Bertz CT molecular complexity index is 2310. The number of nitrogens with one attached hydrogen (secondary N) is 4. The second kappa shape index (κ2) is 32.4. The molecule has 7 aliphatic heterocycles. The molecule has 23 N–H and O–H groups in total. The number of aliphatic hydroxyl groups excluding tert-OH is 19. The number of ether oxygens (including phenoxy) is 13. The van der Waals surface area contributed by atoms with E-state index in [1.165, 1.54) is 0 Å². The Morgan fingerprint density at radius 3 is 1.04 bits per heavy atom. The van der Waals surface area contributed by atoms with Crippen molar-refractivity contribution >= 4 is 23.6 Å². The molecule has 0 radical (unpaired) electrons. The largest absolute Gasteiger partial charge is 0.394 e. The van der Waals surface area contributed by atoms with Gasteiger partial charge in [-0.3, -0.25) is 19.2 Å². The number of rotatable bonds is 23. The predicted octanol–water partition coefficient (Wildman–Crippen LogP) is -15.7. The van der Waals surface area contributed by atoms with Crippen LogP contribution in [0.25, 0.3) is 0 Å². The molecule has 7 rings (SSSR count). The van der Waals surface area contributed by atoms with E-state index in [0.29, 0.717) is 0 Å².